The van der Waals surface area contributed by atoms with Gasteiger partial charge in [0, 0.05) is 19.6 Å². The Morgan fingerprint density at radius 1 is 1.35 bits per heavy atom. The molecule has 2 amide bonds. The monoisotopic (exact) mass is 438 g/mol. The number of halogens is 2. The highest BCUT2D eigenvalue weighted by atomic mass is 79.9. The fourth-order valence-corrected chi connectivity index (χ4v) is 4.22. The van der Waals surface area contributed by atoms with Gasteiger partial charge < -0.3 is 10.2 Å². The van der Waals surface area contributed by atoms with Crippen LogP contribution in [0.2, 0.25) is 0 Å². The molecule has 1 aliphatic rings. The van der Waals surface area contributed by atoms with Crippen molar-refractivity contribution in [2.24, 2.45) is 5.92 Å². The topological polar surface area (TPSA) is 49.4 Å². The number of hydrogen-bond donors (Lipinski definition) is 1. The fourth-order valence-electron chi connectivity index (χ4n) is 3.10. The molecule has 2 heterocycles. The minimum absolute atomic E-state index is 0.00802. The lowest BCUT2D eigenvalue weighted by Gasteiger charge is -2.31. The second-order valence-corrected chi connectivity index (χ2v) is 8.16. The third-order valence-corrected chi connectivity index (χ3v) is 5.97. The van der Waals surface area contributed by atoms with E-state index in [0.29, 0.717) is 35.4 Å². The van der Waals surface area contributed by atoms with Gasteiger partial charge in [0.05, 0.1) is 15.3 Å². The van der Waals surface area contributed by atoms with Gasteiger partial charge in [-0.2, -0.15) is 0 Å². The molecular weight excluding hydrogens is 419 g/mol. The number of benzene rings is 1. The van der Waals surface area contributed by atoms with Gasteiger partial charge in [-0.3, -0.25) is 9.59 Å². The SMILES string of the molecule is O=C(NCCc1ccc(F)c(Br)c1)C1CCCN(C(=O)c2cccs2)C1. The maximum atomic E-state index is 13.2. The Bertz CT molecular complexity index is 782. The van der Waals surface area contributed by atoms with E-state index in [1.165, 1.54) is 17.4 Å². The molecule has 0 radical (unpaired) electrons. The highest BCUT2D eigenvalue weighted by Crippen LogP contribution is 2.21. The van der Waals surface area contributed by atoms with Crippen LogP contribution >= 0.6 is 27.3 Å². The normalized spacial score (nSPS) is 17.2. The van der Waals surface area contributed by atoms with Crippen LogP contribution in [0.1, 0.15) is 28.1 Å². The van der Waals surface area contributed by atoms with Gasteiger partial charge in [-0.1, -0.05) is 12.1 Å². The summed E-state index contributed by atoms with van der Waals surface area (Å²) in [6, 6.07) is 8.53. The van der Waals surface area contributed by atoms with Crippen LogP contribution in [0.15, 0.2) is 40.2 Å². The zero-order valence-electron chi connectivity index (χ0n) is 14.2. The van der Waals surface area contributed by atoms with Crippen LogP contribution in [-0.4, -0.2) is 36.3 Å². The zero-order chi connectivity index (χ0) is 18.5. The van der Waals surface area contributed by atoms with Gasteiger partial charge in [0.1, 0.15) is 5.82 Å². The summed E-state index contributed by atoms with van der Waals surface area (Å²) in [4.78, 5) is 27.4. The standard InChI is InChI=1S/C19H20BrFN2O2S/c20-15-11-13(5-6-16(15)21)7-8-22-18(24)14-3-1-9-23(12-14)19(25)17-4-2-10-26-17/h2,4-6,10-11,14H,1,3,7-9,12H2,(H,22,24). The van der Waals surface area contributed by atoms with Crippen molar-refractivity contribution in [3.8, 4) is 0 Å². The van der Waals surface area contributed by atoms with E-state index >= 15 is 0 Å². The van der Waals surface area contributed by atoms with Gasteiger partial charge in [-0.15, -0.1) is 11.3 Å². The minimum Gasteiger partial charge on any atom is -0.355 e. The van der Waals surface area contributed by atoms with E-state index < -0.39 is 0 Å². The predicted molar refractivity (Wildman–Crippen MR) is 104 cm³/mol. The molecule has 0 aliphatic carbocycles. The molecule has 26 heavy (non-hydrogen) atoms. The Morgan fingerprint density at radius 2 is 2.19 bits per heavy atom. The molecular formula is C19H20BrFN2O2S. The van der Waals surface area contributed by atoms with Gasteiger partial charge in [0.25, 0.3) is 5.91 Å². The van der Waals surface area contributed by atoms with Crippen molar-refractivity contribution >= 4 is 39.1 Å². The van der Waals surface area contributed by atoms with Crippen LogP contribution in [-0.2, 0) is 11.2 Å². The van der Waals surface area contributed by atoms with Crippen molar-refractivity contribution < 1.29 is 14.0 Å². The van der Waals surface area contributed by atoms with Gasteiger partial charge >= 0.3 is 0 Å². The molecule has 2 aromatic rings. The first-order valence-corrected chi connectivity index (χ1v) is 10.3. The number of thiophene rings is 1. The molecule has 3 rings (SSSR count). The number of piperidine rings is 1. The van der Waals surface area contributed by atoms with E-state index in [9.17, 15) is 14.0 Å². The average molecular weight is 439 g/mol. The van der Waals surface area contributed by atoms with Gasteiger partial charge in [-0.25, -0.2) is 4.39 Å². The molecule has 0 spiro atoms. The maximum Gasteiger partial charge on any atom is 0.263 e. The van der Waals surface area contributed by atoms with E-state index in [-0.39, 0.29) is 23.5 Å². The second kappa shape index (κ2) is 8.77. The zero-order valence-corrected chi connectivity index (χ0v) is 16.6. The summed E-state index contributed by atoms with van der Waals surface area (Å²) in [5.41, 5.74) is 0.955. The predicted octanol–water partition coefficient (Wildman–Crippen LogP) is 3.86. The molecule has 1 atom stereocenters. The van der Waals surface area contributed by atoms with Crippen molar-refractivity contribution in [3.05, 3.63) is 56.4 Å². The molecule has 1 aromatic heterocycles. The van der Waals surface area contributed by atoms with E-state index in [1.807, 2.05) is 17.5 Å². The summed E-state index contributed by atoms with van der Waals surface area (Å²) < 4.78 is 13.7. The summed E-state index contributed by atoms with van der Waals surface area (Å²) in [7, 11) is 0. The Morgan fingerprint density at radius 3 is 2.92 bits per heavy atom. The number of likely N-dealkylation sites (tertiary alicyclic amines) is 1. The lowest BCUT2D eigenvalue weighted by atomic mass is 9.97. The van der Waals surface area contributed by atoms with E-state index in [1.54, 1.807) is 17.0 Å². The highest BCUT2D eigenvalue weighted by Gasteiger charge is 2.29. The number of carbonyl (C=O) groups is 2. The summed E-state index contributed by atoms with van der Waals surface area (Å²) in [5.74, 6) is -0.480. The summed E-state index contributed by atoms with van der Waals surface area (Å²) in [5, 5.41) is 4.83. The average Bonchev–Trinajstić information content (AvgIpc) is 3.19. The lowest BCUT2D eigenvalue weighted by molar-refractivity contribution is -0.126. The first kappa shape index (κ1) is 19.0. The number of rotatable bonds is 5. The van der Waals surface area contributed by atoms with Crippen LogP contribution in [0.25, 0.3) is 0 Å². The van der Waals surface area contributed by atoms with E-state index in [2.05, 4.69) is 21.2 Å². The number of amides is 2. The minimum atomic E-state index is -0.296. The quantitative estimate of drug-likeness (QED) is 0.770. The first-order chi connectivity index (χ1) is 12.5. The number of nitrogens with one attached hydrogen (secondary N) is 1. The summed E-state index contributed by atoms with van der Waals surface area (Å²) >= 11 is 4.59. The van der Waals surface area contributed by atoms with Crippen LogP contribution in [0.3, 0.4) is 0 Å². The molecule has 0 saturated carbocycles. The van der Waals surface area contributed by atoms with Crippen molar-refractivity contribution in [2.45, 2.75) is 19.3 Å². The Kier molecular flexibility index (Phi) is 6.43. The Labute approximate surface area is 164 Å². The van der Waals surface area contributed by atoms with Gasteiger partial charge in [-0.05, 0) is 64.3 Å². The molecule has 1 aliphatic heterocycles. The van der Waals surface area contributed by atoms with Crippen molar-refractivity contribution in [3.63, 3.8) is 0 Å². The molecule has 138 valence electrons. The Balaban J connectivity index is 1.49. The number of hydrogen-bond acceptors (Lipinski definition) is 3. The van der Waals surface area contributed by atoms with Crippen molar-refractivity contribution in [2.75, 3.05) is 19.6 Å². The summed E-state index contributed by atoms with van der Waals surface area (Å²) in [6.07, 6.45) is 2.26. The molecule has 1 fully saturated rings. The first-order valence-electron chi connectivity index (χ1n) is 8.59. The van der Waals surface area contributed by atoms with Crippen molar-refractivity contribution in [1.29, 1.82) is 0 Å². The number of carbonyl (C=O) groups excluding carboxylic acids is 2. The third-order valence-electron chi connectivity index (χ3n) is 4.51. The van der Waals surface area contributed by atoms with Crippen molar-refractivity contribution in [1.82, 2.24) is 10.2 Å². The second-order valence-electron chi connectivity index (χ2n) is 6.36. The number of nitrogens with zero attached hydrogens (tertiary/aromatic N) is 1. The largest absolute Gasteiger partial charge is 0.355 e. The molecule has 1 aromatic carbocycles. The highest BCUT2D eigenvalue weighted by molar-refractivity contribution is 9.10. The van der Waals surface area contributed by atoms with E-state index in [4.69, 9.17) is 0 Å². The van der Waals surface area contributed by atoms with Gasteiger partial charge in [0.15, 0.2) is 0 Å². The van der Waals surface area contributed by atoms with Crippen LogP contribution in [0.4, 0.5) is 4.39 Å². The smallest absolute Gasteiger partial charge is 0.263 e. The molecule has 1 unspecified atom stereocenters. The fraction of sp³-hybridized carbons (Fsp3) is 0.368. The molecule has 1 N–H and O–H groups in total. The maximum absolute atomic E-state index is 13.2. The van der Waals surface area contributed by atoms with Crippen LogP contribution in [0, 0.1) is 11.7 Å². The molecule has 4 nitrogen and oxygen atoms in total. The van der Waals surface area contributed by atoms with E-state index in [0.717, 1.165) is 18.4 Å². The van der Waals surface area contributed by atoms with Gasteiger partial charge in [0.2, 0.25) is 5.91 Å². The summed E-state index contributed by atoms with van der Waals surface area (Å²) in [6.45, 7) is 1.65. The third kappa shape index (κ3) is 4.71. The van der Waals surface area contributed by atoms with Crippen LogP contribution < -0.4 is 5.32 Å². The molecule has 7 heteroatoms. The molecule has 1 saturated heterocycles. The van der Waals surface area contributed by atoms with Crippen LogP contribution in [0.5, 0.6) is 0 Å². The lowest BCUT2D eigenvalue weighted by Crippen LogP contribution is -2.45. The molecule has 0 bridgehead atoms. The Hall–Kier alpha value is -1.73.